The van der Waals surface area contributed by atoms with Crippen LogP contribution in [0.15, 0.2) is 24.8 Å². The van der Waals surface area contributed by atoms with Crippen molar-refractivity contribution in [3.05, 3.63) is 46.0 Å². The summed E-state index contributed by atoms with van der Waals surface area (Å²) in [5.41, 5.74) is 0.877. The Morgan fingerprint density at radius 2 is 2.00 bits per heavy atom. The lowest BCUT2D eigenvalue weighted by atomic mass is 10.1. The van der Waals surface area contributed by atoms with Crippen molar-refractivity contribution < 1.29 is 9.72 Å². The van der Waals surface area contributed by atoms with E-state index in [1.807, 2.05) is 0 Å². The van der Waals surface area contributed by atoms with Crippen molar-refractivity contribution in [3.8, 4) is 0 Å². The molecule has 1 heterocycles. The van der Waals surface area contributed by atoms with Gasteiger partial charge < -0.3 is 4.90 Å². The highest BCUT2D eigenvalue weighted by Crippen LogP contribution is 2.21. The number of hydrogen-bond acceptors (Lipinski definition) is 3. The van der Waals surface area contributed by atoms with E-state index < -0.39 is 4.92 Å². The summed E-state index contributed by atoms with van der Waals surface area (Å²) >= 11 is 0. The standard InChI is InChI=1S/C13H14N2O3/c1-2-10-7-11(9-12(8-10)15(17)18)13(16)14-5-3-4-6-14/h2,7-9H,1,3-6H2. The van der Waals surface area contributed by atoms with Crippen LogP contribution in [0.3, 0.4) is 0 Å². The van der Waals surface area contributed by atoms with E-state index in [4.69, 9.17) is 0 Å². The van der Waals surface area contributed by atoms with Crippen LogP contribution in [0.1, 0.15) is 28.8 Å². The molecule has 0 unspecified atom stereocenters. The van der Waals surface area contributed by atoms with Crippen LogP contribution in [0, 0.1) is 10.1 Å². The molecular formula is C13H14N2O3. The molecule has 1 aliphatic heterocycles. The van der Waals surface area contributed by atoms with Crippen molar-refractivity contribution >= 4 is 17.7 Å². The second kappa shape index (κ2) is 5.00. The first kappa shape index (κ1) is 12.3. The first-order valence-corrected chi connectivity index (χ1v) is 5.83. The molecule has 1 fully saturated rings. The molecule has 1 aromatic carbocycles. The van der Waals surface area contributed by atoms with Crippen LogP contribution >= 0.6 is 0 Å². The molecule has 18 heavy (non-hydrogen) atoms. The summed E-state index contributed by atoms with van der Waals surface area (Å²) in [5.74, 6) is -0.140. The molecule has 5 nitrogen and oxygen atoms in total. The van der Waals surface area contributed by atoms with E-state index >= 15 is 0 Å². The molecule has 1 amide bonds. The smallest absolute Gasteiger partial charge is 0.270 e. The zero-order valence-electron chi connectivity index (χ0n) is 9.96. The molecule has 0 spiro atoms. The lowest BCUT2D eigenvalue weighted by molar-refractivity contribution is -0.384. The van der Waals surface area contributed by atoms with Crippen molar-refractivity contribution in [1.29, 1.82) is 0 Å². The Balaban J connectivity index is 2.36. The third kappa shape index (κ3) is 2.40. The Kier molecular flexibility index (Phi) is 3.41. The van der Waals surface area contributed by atoms with Gasteiger partial charge in [-0.1, -0.05) is 12.7 Å². The SMILES string of the molecule is C=Cc1cc(C(=O)N2CCCC2)cc([N+](=O)[O-])c1. The zero-order valence-corrected chi connectivity index (χ0v) is 9.96. The largest absolute Gasteiger partial charge is 0.339 e. The van der Waals surface area contributed by atoms with Gasteiger partial charge in [0.25, 0.3) is 11.6 Å². The molecule has 0 atom stereocenters. The number of carbonyl (C=O) groups excluding carboxylic acids is 1. The summed E-state index contributed by atoms with van der Waals surface area (Å²) < 4.78 is 0. The molecule has 0 radical (unpaired) electrons. The molecule has 0 aromatic heterocycles. The van der Waals surface area contributed by atoms with Crippen LogP contribution in [-0.4, -0.2) is 28.8 Å². The van der Waals surface area contributed by atoms with Crippen LogP contribution in [0.5, 0.6) is 0 Å². The summed E-state index contributed by atoms with van der Waals surface area (Å²) in [7, 11) is 0. The normalized spacial score (nSPS) is 14.6. The van der Waals surface area contributed by atoms with Gasteiger partial charge in [-0.25, -0.2) is 0 Å². The van der Waals surface area contributed by atoms with Gasteiger partial charge in [0.2, 0.25) is 0 Å². The summed E-state index contributed by atoms with van der Waals surface area (Å²) in [6.45, 7) is 5.04. The van der Waals surface area contributed by atoms with Crippen LogP contribution < -0.4 is 0 Å². The second-order valence-electron chi connectivity index (χ2n) is 4.27. The van der Waals surface area contributed by atoms with Gasteiger partial charge in [-0.3, -0.25) is 14.9 Å². The van der Waals surface area contributed by atoms with Crippen LogP contribution in [0.25, 0.3) is 6.08 Å². The molecular weight excluding hydrogens is 232 g/mol. The number of amides is 1. The Hall–Kier alpha value is -2.17. The predicted octanol–water partition coefficient (Wildman–Crippen LogP) is 2.47. The fourth-order valence-electron chi connectivity index (χ4n) is 2.08. The van der Waals surface area contributed by atoms with E-state index in [-0.39, 0.29) is 11.6 Å². The van der Waals surface area contributed by atoms with Gasteiger partial charge in [-0.15, -0.1) is 0 Å². The summed E-state index contributed by atoms with van der Waals surface area (Å²) in [5, 5.41) is 10.8. The van der Waals surface area contributed by atoms with E-state index in [1.165, 1.54) is 18.2 Å². The predicted molar refractivity (Wildman–Crippen MR) is 68.3 cm³/mol. The lowest BCUT2D eigenvalue weighted by Gasteiger charge is -2.15. The lowest BCUT2D eigenvalue weighted by Crippen LogP contribution is -2.27. The average Bonchev–Trinajstić information content (AvgIpc) is 2.91. The number of non-ortho nitro benzene ring substituents is 1. The Bertz CT molecular complexity index is 505. The molecule has 0 N–H and O–H groups in total. The minimum absolute atomic E-state index is 0.0741. The average molecular weight is 246 g/mol. The van der Waals surface area contributed by atoms with E-state index in [1.54, 1.807) is 11.0 Å². The Labute approximate surface area is 105 Å². The third-order valence-electron chi connectivity index (χ3n) is 3.03. The molecule has 1 aromatic rings. The number of hydrogen-bond donors (Lipinski definition) is 0. The van der Waals surface area contributed by atoms with Crippen LogP contribution in [0.2, 0.25) is 0 Å². The maximum absolute atomic E-state index is 12.2. The first-order valence-electron chi connectivity index (χ1n) is 5.83. The summed E-state index contributed by atoms with van der Waals surface area (Å²) in [4.78, 5) is 24.2. The van der Waals surface area contributed by atoms with E-state index in [9.17, 15) is 14.9 Å². The van der Waals surface area contributed by atoms with Crippen molar-refractivity contribution in [1.82, 2.24) is 4.90 Å². The monoisotopic (exact) mass is 246 g/mol. The highest BCUT2D eigenvalue weighted by molar-refractivity contribution is 5.95. The highest BCUT2D eigenvalue weighted by atomic mass is 16.6. The quantitative estimate of drug-likeness (QED) is 0.608. The zero-order chi connectivity index (χ0) is 13.1. The van der Waals surface area contributed by atoms with Crippen molar-refractivity contribution in [2.24, 2.45) is 0 Å². The van der Waals surface area contributed by atoms with Gasteiger partial charge >= 0.3 is 0 Å². The minimum Gasteiger partial charge on any atom is -0.339 e. The Morgan fingerprint density at radius 1 is 1.33 bits per heavy atom. The molecule has 5 heteroatoms. The Morgan fingerprint density at radius 3 is 2.56 bits per heavy atom. The second-order valence-corrected chi connectivity index (χ2v) is 4.27. The number of nitro benzene ring substituents is 1. The van der Waals surface area contributed by atoms with Gasteiger partial charge in [0.05, 0.1) is 4.92 Å². The van der Waals surface area contributed by atoms with Gasteiger partial charge in [-0.2, -0.15) is 0 Å². The fraction of sp³-hybridized carbons (Fsp3) is 0.308. The number of nitrogens with zero attached hydrogens (tertiary/aromatic N) is 2. The van der Waals surface area contributed by atoms with Crippen molar-refractivity contribution in [3.63, 3.8) is 0 Å². The number of rotatable bonds is 3. The highest BCUT2D eigenvalue weighted by Gasteiger charge is 2.21. The summed E-state index contributed by atoms with van der Waals surface area (Å²) in [6, 6.07) is 4.38. The van der Waals surface area contributed by atoms with E-state index in [2.05, 4.69) is 6.58 Å². The minimum atomic E-state index is -0.492. The van der Waals surface area contributed by atoms with Crippen molar-refractivity contribution in [2.75, 3.05) is 13.1 Å². The number of likely N-dealkylation sites (tertiary alicyclic amines) is 1. The molecule has 0 aliphatic carbocycles. The van der Waals surface area contributed by atoms with Crippen LogP contribution in [0.4, 0.5) is 5.69 Å². The molecule has 2 rings (SSSR count). The topological polar surface area (TPSA) is 63.5 Å². The molecule has 94 valence electrons. The van der Waals surface area contributed by atoms with Gasteiger partial charge in [0.15, 0.2) is 0 Å². The molecule has 1 aliphatic rings. The number of benzene rings is 1. The maximum atomic E-state index is 12.2. The van der Waals surface area contributed by atoms with Crippen molar-refractivity contribution in [2.45, 2.75) is 12.8 Å². The number of carbonyl (C=O) groups is 1. The summed E-state index contributed by atoms with van der Waals surface area (Å²) in [6.07, 6.45) is 3.50. The number of nitro groups is 1. The van der Waals surface area contributed by atoms with Gasteiger partial charge in [0.1, 0.15) is 0 Å². The fourth-order valence-corrected chi connectivity index (χ4v) is 2.08. The van der Waals surface area contributed by atoms with E-state index in [0.29, 0.717) is 11.1 Å². The van der Waals surface area contributed by atoms with Crippen LogP contribution in [-0.2, 0) is 0 Å². The first-order chi connectivity index (χ1) is 8.61. The van der Waals surface area contributed by atoms with Gasteiger partial charge in [0, 0.05) is 30.8 Å². The molecule has 1 saturated heterocycles. The van der Waals surface area contributed by atoms with E-state index in [0.717, 1.165) is 25.9 Å². The maximum Gasteiger partial charge on any atom is 0.270 e. The third-order valence-corrected chi connectivity index (χ3v) is 3.03. The molecule has 0 bridgehead atoms. The molecule has 0 saturated carbocycles. The van der Waals surface area contributed by atoms with Gasteiger partial charge in [-0.05, 0) is 24.5 Å².